The lowest BCUT2D eigenvalue weighted by molar-refractivity contribution is 1.46. The summed E-state index contributed by atoms with van der Waals surface area (Å²) in [6, 6.07) is 8.31. The van der Waals surface area contributed by atoms with Crippen LogP contribution in [0.4, 0.5) is 5.69 Å². The van der Waals surface area contributed by atoms with Gasteiger partial charge in [0.05, 0.1) is 0 Å². The molecule has 1 nitrogen and oxygen atoms in total. The Morgan fingerprint density at radius 3 is 2.58 bits per heavy atom. The van der Waals surface area contributed by atoms with Gasteiger partial charge in [0.15, 0.2) is 0 Å². The van der Waals surface area contributed by atoms with Crippen LogP contribution in [0.3, 0.4) is 0 Å². The van der Waals surface area contributed by atoms with Gasteiger partial charge in [-0.1, -0.05) is 24.3 Å². The first-order valence-electron chi connectivity index (χ1n) is 4.19. The molecule has 0 heterocycles. The summed E-state index contributed by atoms with van der Waals surface area (Å²) in [5.74, 6) is 0. The molecule has 1 N–H and O–H groups in total. The molecule has 1 heteroatoms. The summed E-state index contributed by atoms with van der Waals surface area (Å²) < 4.78 is 0. The minimum atomic E-state index is 1.19. The van der Waals surface area contributed by atoms with E-state index >= 15 is 0 Å². The Kier molecular flexibility index (Phi) is 2.92. The fourth-order valence-electron chi connectivity index (χ4n) is 1.20. The summed E-state index contributed by atoms with van der Waals surface area (Å²) >= 11 is 0. The summed E-state index contributed by atoms with van der Waals surface area (Å²) in [6.07, 6.45) is 2.12. The van der Waals surface area contributed by atoms with E-state index < -0.39 is 0 Å². The van der Waals surface area contributed by atoms with Gasteiger partial charge in [-0.2, -0.15) is 0 Å². The van der Waals surface area contributed by atoms with E-state index in [2.05, 4.69) is 43.4 Å². The first kappa shape index (κ1) is 8.85. The van der Waals surface area contributed by atoms with E-state index in [1.807, 2.05) is 13.1 Å². The van der Waals surface area contributed by atoms with Gasteiger partial charge in [-0.15, -0.1) is 0 Å². The monoisotopic (exact) mass is 161 g/mol. The Labute approximate surface area is 74.1 Å². The lowest BCUT2D eigenvalue weighted by Crippen LogP contribution is -1.92. The topological polar surface area (TPSA) is 12.0 Å². The van der Waals surface area contributed by atoms with Gasteiger partial charge < -0.3 is 5.32 Å². The summed E-state index contributed by atoms with van der Waals surface area (Å²) in [6.45, 7) is 4.18. The zero-order valence-corrected chi connectivity index (χ0v) is 7.89. The molecule has 0 amide bonds. The number of benzene rings is 1. The van der Waals surface area contributed by atoms with E-state index in [1.165, 1.54) is 16.8 Å². The van der Waals surface area contributed by atoms with Crippen LogP contribution in [0, 0.1) is 0 Å². The number of allylic oxidation sites excluding steroid dienone is 2. The molecule has 1 aromatic carbocycles. The van der Waals surface area contributed by atoms with Crippen LogP contribution in [0.15, 0.2) is 30.3 Å². The smallest absolute Gasteiger partial charge is 0.0413 e. The number of hydrogen-bond donors (Lipinski definition) is 1. The fourth-order valence-corrected chi connectivity index (χ4v) is 1.20. The minimum absolute atomic E-state index is 1.19. The van der Waals surface area contributed by atoms with Gasteiger partial charge >= 0.3 is 0 Å². The number of nitrogens with one attached hydrogen (secondary N) is 1. The average Bonchev–Trinajstić information content (AvgIpc) is 2.16. The number of anilines is 1. The normalized spacial score (nSPS) is 11.4. The van der Waals surface area contributed by atoms with Crippen molar-refractivity contribution in [2.24, 2.45) is 0 Å². The molecule has 0 bridgehead atoms. The average molecular weight is 161 g/mol. The molecule has 0 saturated carbocycles. The molecule has 0 aliphatic carbocycles. The molecule has 0 radical (unpaired) electrons. The second-order valence-corrected chi connectivity index (χ2v) is 2.77. The lowest BCUT2D eigenvalue weighted by Gasteiger charge is -2.08. The van der Waals surface area contributed by atoms with Crippen LogP contribution in [-0.4, -0.2) is 7.05 Å². The second-order valence-electron chi connectivity index (χ2n) is 2.77. The van der Waals surface area contributed by atoms with Crippen LogP contribution in [0.1, 0.15) is 19.4 Å². The van der Waals surface area contributed by atoms with Crippen LogP contribution in [0.5, 0.6) is 0 Å². The third-order valence-corrected chi connectivity index (χ3v) is 2.05. The molecular formula is C11H15N. The predicted molar refractivity (Wildman–Crippen MR) is 55.3 cm³/mol. The van der Waals surface area contributed by atoms with E-state index in [0.717, 1.165) is 0 Å². The number of para-hydroxylation sites is 1. The second kappa shape index (κ2) is 3.96. The van der Waals surface area contributed by atoms with Crippen LogP contribution in [-0.2, 0) is 0 Å². The summed E-state index contributed by atoms with van der Waals surface area (Å²) in [4.78, 5) is 0. The van der Waals surface area contributed by atoms with Crippen molar-refractivity contribution in [3.05, 3.63) is 35.9 Å². The van der Waals surface area contributed by atoms with Gasteiger partial charge in [-0.3, -0.25) is 0 Å². The maximum atomic E-state index is 3.17. The van der Waals surface area contributed by atoms with Gasteiger partial charge in [0.2, 0.25) is 0 Å². The lowest BCUT2D eigenvalue weighted by atomic mass is 10.1. The highest BCUT2D eigenvalue weighted by Crippen LogP contribution is 2.22. The molecule has 1 rings (SSSR count). The summed E-state index contributed by atoms with van der Waals surface area (Å²) in [5, 5.41) is 3.17. The molecule has 0 aliphatic rings. The minimum Gasteiger partial charge on any atom is -0.388 e. The van der Waals surface area contributed by atoms with Crippen LogP contribution in [0.25, 0.3) is 5.57 Å². The van der Waals surface area contributed by atoms with Crippen molar-refractivity contribution in [2.45, 2.75) is 13.8 Å². The molecule has 12 heavy (non-hydrogen) atoms. The molecular weight excluding hydrogens is 146 g/mol. The molecule has 0 aliphatic heterocycles. The predicted octanol–water partition coefficient (Wildman–Crippen LogP) is 3.15. The van der Waals surface area contributed by atoms with Gasteiger partial charge in [0, 0.05) is 18.3 Å². The highest BCUT2D eigenvalue weighted by molar-refractivity contribution is 5.74. The molecule has 0 unspecified atom stereocenters. The van der Waals surface area contributed by atoms with Crippen LogP contribution >= 0.6 is 0 Å². The van der Waals surface area contributed by atoms with Crippen molar-refractivity contribution in [3.8, 4) is 0 Å². The van der Waals surface area contributed by atoms with Crippen molar-refractivity contribution in [1.82, 2.24) is 0 Å². The Balaban J connectivity index is 3.13. The zero-order chi connectivity index (χ0) is 8.97. The Morgan fingerprint density at radius 2 is 2.00 bits per heavy atom. The molecule has 1 aromatic rings. The van der Waals surface area contributed by atoms with E-state index in [0.29, 0.717) is 0 Å². The number of rotatable bonds is 2. The highest BCUT2D eigenvalue weighted by Gasteiger charge is 1.98. The van der Waals surface area contributed by atoms with Crippen molar-refractivity contribution < 1.29 is 0 Å². The standard InChI is InChI=1S/C11H15N/c1-4-9(2)10-7-5-6-8-11(10)12-3/h4-8,12H,1-3H3/b9-4+. The highest BCUT2D eigenvalue weighted by atomic mass is 14.8. The molecule has 0 fully saturated rings. The van der Waals surface area contributed by atoms with Crippen molar-refractivity contribution in [1.29, 1.82) is 0 Å². The van der Waals surface area contributed by atoms with Crippen molar-refractivity contribution in [2.75, 3.05) is 12.4 Å². The van der Waals surface area contributed by atoms with Crippen molar-refractivity contribution in [3.63, 3.8) is 0 Å². The largest absolute Gasteiger partial charge is 0.388 e. The summed E-state index contributed by atoms with van der Waals surface area (Å²) in [5.41, 5.74) is 3.77. The van der Waals surface area contributed by atoms with Gasteiger partial charge in [-0.25, -0.2) is 0 Å². The number of hydrogen-bond acceptors (Lipinski definition) is 1. The van der Waals surface area contributed by atoms with E-state index in [-0.39, 0.29) is 0 Å². The SMILES string of the molecule is C/C=C(\C)c1ccccc1NC. The molecule has 0 aromatic heterocycles. The third kappa shape index (κ3) is 1.67. The Morgan fingerprint density at radius 1 is 1.33 bits per heavy atom. The van der Waals surface area contributed by atoms with E-state index in [4.69, 9.17) is 0 Å². The quantitative estimate of drug-likeness (QED) is 0.702. The van der Waals surface area contributed by atoms with E-state index in [9.17, 15) is 0 Å². The van der Waals surface area contributed by atoms with Gasteiger partial charge in [0.25, 0.3) is 0 Å². The van der Waals surface area contributed by atoms with Gasteiger partial charge in [0.1, 0.15) is 0 Å². The summed E-state index contributed by atoms with van der Waals surface area (Å²) in [7, 11) is 1.95. The third-order valence-electron chi connectivity index (χ3n) is 2.05. The maximum absolute atomic E-state index is 3.17. The molecule has 0 saturated heterocycles. The Bertz CT molecular complexity index is 287. The molecule has 0 atom stereocenters. The Hall–Kier alpha value is -1.24. The van der Waals surface area contributed by atoms with Crippen molar-refractivity contribution >= 4 is 11.3 Å². The van der Waals surface area contributed by atoms with E-state index in [1.54, 1.807) is 0 Å². The fraction of sp³-hybridized carbons (Fsp3) is 0.273. The van der Waals surface area contributed by atoms with Crippen LogP contribution in [0.2, 0.25) is 0 Å². The molecule has 0 spiro atoms. The van der Waals surface area contributed by atoms with Gasteiger partial charge in [-0.05, 0) is 25.5 Å². The zero-order valence-electron chi connectivity index (χ0n) is 7.89. The van der Waals surface area contributed by atoms with Crippen LogP contribution < -0.4 is 5.32 Å². The first-order chi connectivity index (χ1) is 5.79. The molecule has 64 valence electrons. The maximum Gasteiger partial charge on any atom is 0.0413 e. The first-order valence-corrected chi connectivity index (χ1v) is 4.19.